The molecule has 0 saturated carbocycles. The van der Waals surface area contributed by atoms with Crippen molar-refractivity contribution in [2.24, 2.45) is 0 Å². The number of likely N-dealkylation sites (N-methyl/N-ethyl adjacent to an activating group) is 1. The lowest BCUT2D eigenvalue weighted by atomic mass is 10.3. The van der Waals surface area contributed by atoms with E-state index in [1.165, 1.54) is 7.05 Å². The van der Waals surface area contributed by atoms with Crippen LogP contribution in [0.3, 0.4) is 0 Å². The van der Waals surface area contributed by atoms with Gasteiger partial charge in [0, 0.05) is 18.8 Å². The maximum Gasteiger partial charge on any atom is 0.321 e. The normalized spacial score (nSPS) is 11.2. The molecule has 0 fully saturated rings. The fourth-order valence-corrected chi connectivity index (χ4v) is 1.75. The number of benzene rings is 1. The fourth-order valence-electron chi connectivity index (χ4n) is 1.75. The highest BCUT2D eigenvalue weighted by Gasteiger charge is 2.15. The van der Waals surface area contributed by atoms with Gasteiger partial charge in [-0.3, -0.25) is 14.9 Å². The molecule has 4 N–H and O–H groups in total. The number of carbonyl (C=O) groups is 3. The van der Waals surface area contributed by atoms with Crippen LogP contribution < -0.4 is 25.6 Å². The van der Waals surface area contributed by atoms with E-state index in [1.807, 2.05) is 0 Å². The van der Waals surface area contributed by atoms with E-state index in [0.29, 0.717) is 16.3 Å². The average molecular weight is 309 g/mol. The number of methoxy groups -OCH3 is 1. The molecule has 1 atom stereocenters. The lowest BCUT2D eigenvalue weighted by Crippen LogP contribution is -3.11. The first kappa shape index (κ1) is 17.4. The zero-order valence-electron chi connectivity index (χ0n) is 12.9. The second-order valence-corrected chi connectivity index (χ2v) is 4.72. The van der Waals surface area contributed by atoms with Gasteiger partial charge < -0.3 is 20.3 Å². The standard InChI is InChI=1S/C14H20N4O4/c1-15-14(21)17-13(20)9-18(2)8-12(19)16-10-5-4-6-11(7-10)22-3/h4-7H,8-9H2,1-3H3,(H,16,19)(H2,15,17,20,21)/p+1. The summed E-state index contributed by atoms with van der Waals surface area (Å²) in [6, 6.07) is 6.41. The predicted molar refractivity (Wildman–Crippen MR) is 80.8 cm³/mol. The minimum Gasteiger partial charge on any atom is -0.497 e. The van der Waals surface area contributed by atoms with Crippen LogP contribution in [0.15, 0.2) is 24.3 Å². The van der Waals surface area contributed by atoms with E-state index in [1.54, 1.807) is 38.4 Å². The van der Waals surface area contributed by atoms with Gasteiger partial charge in [-0.05, 0) is 12.1 Å². The first-order valence-electron chi connectivity index (χ1n) is 6.71. The maximum absolute atomic E-state index is 11.9. The number of hydrogen-bond donors (Lipinski definition) is 4. The van der Waals surface area contributed by atoms with E-state index in [-0.39, 0.29) is 19.0 Å². The van der Waals surface area contributed by atoms with E-state index in [2.05, 4.69) is 16.0 Å². The van der Waals surface area contributed by atoms with Crippen molar-refractivity contribution >= 4 is 23.5 Å². The van der Waals surface area contributed by atoms with Crippen molar-refractivity contribution in [2.75, 3.05) is 39.6 Å². The number of hydrogen-bond acceptors (Lipinski definition) is 4. The zero-order valence-corrected chi connectivity index (χ0v) is 12.9. The highest BCUT2D eigenvalue weighted by Crippen LogP contribution is 2.16. The molecule has 0 aromatic heterocycles. The third-order valence-electron chi connectivity index (χ3n) is 2.76. The molecule has 1 aromatic carbocycles. The molecule has 0 radical (unpaired) electrons. The van der Waals surface area contributed by atoms with Crippen molar-refractivity contribution in [3.8, 4) is 5.75 Å². The summed E-state index contributed by atoms with van der Waals surface area (Å²) >= 11 is 0. The number of imide groups is 1. The number of anilines is 1. The Morgan fingerprint density at radius 3 is 2.50 bits per heavy atom. The van der Waals surface area contributed by atoms with Crippen LogP contribution in [0.1, 0.15) is 0 Å². The second kappa shape index (κ2) is 8.63. The van der Waals surface area contributed by atoms with E-state index in [9.17, 15) is 14.4 Å². The molecular formula is C14H21N4O4+. The second-order valence-electron chi connectivity index (χ2n) is 4.72. The number of nitrogens with one attached hydrogen (secondary N) is 4. The molecule has 0 spiro atoms. The smallest absolute Gasteiger partial charge is 0.321 e. The van der Waals surface area contributed by atoms with Gasteiger partial charge in [-0.2, -0.15) is 0 Å². The van der Waals surface area contributed by atoms with Crippen molar-refractivity contribution in [1.82, 2.24) is 10.6 Å². The summed E-state index contributed by atoms with van der Waals surface area (Å²) in [5.74, 6) is -0.0482. The number of quaternary nitrogens is 1. The van der Waals surface area contributed by atoms with Crippen LogP contribution >= 0.6 is 0 Å². The van der Waals surface area contributed by atoms with Crippen molar-refractivity contribution in [3.05, 3.63) is 24.3 Å². The molecule has 1 aromatic rings. The van der Waals surface area contributed by atoms with Gasteiger partial charge >= 0.3 is 6.03 Å². The first-order chi connectivity index (χ1) is 10.4. The quantitative estimate of drug-likeness (QED) is 0.519. The van der Waals surface area contributed by atoms with Crippen LogP contribution in [0.5, 0.6) is 5.75 Å². The Morgan fingerprint density at radius 2 is 1.86 bits per heavy atom. The molecule has 22 heavy (non-hydrogen) atoms. The van der Waals surface area contributed by atoms with Crippen molar-refractivity contribution in [3.63, 3.8) is 0 Å². The molecule has 8 nitrogen and oxygen atoms in total. The van der Waals surface area contributed by atoms with Crippen LogP contribution in [-0.2, 0) is 9.59 Å². The number of urea groups is 1. The minimum absolute atomic E-state index is 0.0128. The van der Waals surface area contributed by atoms with E-state index >= 15 is 0 Å². The summed E-state index contributed by atoms with van der Waals surface area (Å²) in [5.41, 5.74) is 0.618. The summed E-state index contributed by atoms with van der Waals surface area (Å²) in [5, 5.41) is 7.14. The number of amides is 4. The van der Waals surface area contributed by atoms with Crippen molar-refractivity contribution < 1.29 is 24.0 Å². The lowest BCUT2D eigenvalue weighted by Gasteiger charge is -2.13. The number of ether oxygens (including phenoxy) is 1. The highest BCUT2D eigenvalue weighted by atomic mass is 16.5. The molecule has 0 bridgehead atoms. The largest absolute Gasteiger partial charge is 0.497 e. The maximum atomic E-state index is 11.9. The Hall–Kier alpha value is -2.61. The summed E-state index contributed by atoms with van der Waals surface area (Å²) in [7, 11) is 4.65. The van der Waals surface area contributed by atoms with Gasteiger partial charge in [0.25, 0.3) is 11.8 Å². The Kier molecular flexibility index (Phi) is 6.84. The van der Waals surface area contributed by atoms with Gasteiger partial charge in [0.1, 0.15) is 5.75 Å². The highest BCUT2D eigenvalue weighted by molar-refractivity contribution is 5.95. The third kappa shape index (κ3) is 6.23. The van der Waals surface area contributed by atoms with E-state index < -0.39 is 11.9 Å². The topological polar surface area (TPSA) is 101 Å². The number of rotatable bonds is 6. The van der Waals surface area contributed by atoms with E-state index in [0.717, 1.165) is 0 Å². The zero-order chi connectivity index (χ0) is 16.5. The molecule has 0 heterocycles. The lowest BCUT2D eigenvalue weighted by molar-refractivity contribution is -0.862. The fraction of sp³-hybridized carbons (Fsp3) is 0.357. The van der Waals surface area contributed by atoms with E-state index in [4.69, 9.17) is 4.74 Å². The van der Waals surface area contributed by atoms with Gasteiger partial charge in [-0.1, -0.05) is 6.07 Å². The summed E-state index contributed by atoms with van der Waals surface area (Å²) in [6.07, 6.45) is 0. The summed E-state index contributed by atoms with van der Waals surface area (Å²) < 4.78 is 5.07. The Labute approximate surface area is 128 Å². The molecule has 1 rings (SSSR count). The Balaban J connectivity index is 2.43. The summed E-state index contributed by atoms with van der Waals surface area (Å²) in [6.45, 7) is 0.108. The van der Waals surface area contributed by atoms with Gasteiger partial charge in [0.2, 0.25) is 0 Å². The molecule has 0 aliphatic heterocycles. The van der Waals surface area contributed by atoms with Crippen molar-refractivity contribution in [2.45, 2.75) is 0 Å². The monoisotopic (exact) mass is 309 g/mol. The molecule has 8 heteroatoms. The van der Waals surface area contributed by atoms with Crippen molar-refractivity contribution in [1.29, 1.82) is 0 Å². The number of carbonyl (C=O) groups excluding carboxylic acids is 3. The molecular weight excluding hydrogens is 288 g/mol. The molecule has 1 unspecified atom stereocenters. The van der Waals surface area contributed by atoms with Crippen LogP contribution in [0.4, 0.5) is 10.5 Å². The molecule has 4 amide bonds. The molecule has 0 saturated heterocycles. The van der Waals surface area contributed by atoms with Gasteiger partial charge in [0.05, 0.1) is 14.2 Å². The van der Waals surface area contributed by atoms with Crippen LogP contribution in [0.25, 0.3) is 0 Å². The predicted octanol–water partition coefficient (Wildman–Crippen LogP) is -1.40. The van der Waals surface area contributed by atoms with Gasteiger partial charge in [0.15, 0.2) is 13.1 Å². The van der Waals surface area contributed by atoms with Crippen LogP contribution in [-0.4, -0.2) is 52.1 Å². The van der Waals surface area contributed by atoms with Gasteiger partial charge in [-0.15, -0.1) is 0 Å². The SMILES string of the molecule is CNC(=O)NC(=O)C[NH+](C)CC(=O)Nc1cccc(OC)c1. The summed E-state index contributed by atoms with van der Waals surface area (Å²) in [4.78, 5) is 35.0. The average Bonchev–Trinajstić information content (AvgIpc) is 2.46. The minimum atomic E-state index is -0.571. The van der Waals surface area contributed by atoms with Crippen LogP contribution in [0.2, 0.25) is 0 Å². The Bertz CT molecular complexity index is 547. The molecule has 0 aliphatic rings. The first-order valence-corrected chi connectivity index (χ1v) is 6.71. The molecule has 0 aliphatic carbocycles. The Morgan fingerprint density at radius 1 is 1.18 bits per heavy atom. The third-order valence-corrected chi connectivity index (χ3v) is 2.76. The van der Waals surface area contributed by atoms with Crippen LogP contribution in [0, 0.1) is 0 Å². The van der Waals surface area contributed by atoms with Gasteiger partial charge in [-0.25, -0.2) is 4.79 Å². The molecule has 120 valence electrons.